The average Bonchev–Trinajstić information content (AvgIpc) is 2.79. The second-order valence-corrected chi connectivity index (χ2v) is 5.44. The van der Waals surface area contributed by atoms with Crippen molar-refractivity contribution in [2.24, 2.45) is 11.8 Å². The minimum Gasteiger partial charge on any atom is -0.495 e. The van der Waals surface area contributed by atoms with Crippen molar-refractivity contribution >= 4 is 23.2 Å². The number of anilines is 1. The molecular weight excluding hydrogens is 264 g/mol. The number of hydrogen-bond acceptors (Lipinski definition) is 3. The number of nitrogens with one attached hydrogen (secondary N) is 2. The van der Waals surface area contributed by atoms with Crippen LogP contribution in [-0.4, -0.2) is 26.1 Å². The smallest absolute Gasteiger partial charge is 0.229 e. The first kappa shape index (κ1) is 14.2. The lowest BCUT2D eigenvalue weighted by molar-refractivity contribution is -0.120. The minimum absolute atomic E-state index is 0.000639. The van der Waals surface area contributed by atoms with Crippen LogP contribution in [0.3, 0.4) is 0 Å². The Morgan fingerprint density at radius 3 is 2.79 bits per heavy atom. The fraction of sp³-hybridized carbons (Fsp3) is 0.500. The standard InChI is InChI=1S/C14H19ClN2O2/c1-8-4-12(13(19-3)5-11(8)15)17-14(18)10-7-16-6-9(10)2/h4-5,9-10,16H,6-7H2,1-3H3,(H,17,18). The van der Waals surface area contributed by atoms with Gasteiger partial charge in [0.1, 0.15) is 5.75 Å². The molecule has 2 N–H and O–H groups in total. The topological polar surface area (TPSA) is 50.4 Å². The zero-order chi connectivity index (χ0) is 14.0. The van der Waals surface area contributed by atoms with Gasteiger partial charge in [0, 0.05) is 17.6 Å². The van der Waals surface area contributed by atoms with Gasteiger partial charge in [-0.1, -0.05) is 18.5 Å². The number of methoxy groups -OCH3 is 1. The molecule has 1 aliphatic heterocycles. The Kier molecular flexibility index (Phi) is 4.32. The zero-order valence-corrected chi connectivity index (χ0v) is 12.2. The summed E-state index contributed by atoms with van der Waals surface area (Å²) >= 11 is 6.05. The Balaban J connectivity index is 2.18. The van der Waals surface area contributed by atoms with Gasteiger partial charge < -0.3 is 15.4 Å². The summed E-state index contributed by atoms with van der Waals surface area (Å²) < 4.78 is 5.26. The number of benzene rings is 1. The molecule has 104 valence electrons. The van der Waals surface area contributed by atoms with Crippen LogP contribution in [0.1, 0.15) is 12.5 Å². The Morgan fingerprint density at radius 2 is 2.21 bits per heavy atom. The summed E-state index contributed by atoms with van der Waals surface area (Å²) in [7, 11) is 1.57. The van der Waals surface area contributed by atoms with Crippen molar-refractivity contribution in [3.8, 4) is 5.75 Å². The Hall–Kier alpha value is -1.26. The van der Waals surface area contributed by atoms with Crippen LogP contribution in [-0.2, 0) is 4.79 Å². The van der Waals surface area contributed by atoms with Crippen molar-refractivity contribution < 1.29 is 9.53 Å². The van der Waals surface area contributed by atoms with Gasteiger partial charge in [-0.15, -0.1) is 0 Å². The fourth-order valence-electron chi connectivity index (χ4n) is 2.32. The maximum atomic E-state index is 12.2. The molecule has 0 aliphatic carbocycles. The molecule has 0 bridgehead atoms. The SMILES string of the molecule is COc1cc(Cl)c(C)cc1NC(=O)C1CNCC1C. The van der Waals surface area contributed by atoms with E-state index in [0.29, 0.717) is 22.4 Å². The summed E-state index contributed by atoms with van der Waals surface area (Å²) in [5.74, 6) is 0.958. The van der Waals surface area contributed by atoms with Gasteiger partial charge in [-0.2, -0.15) is 0 Å². The summed E-state index contributed by atoms with van der Waals surface area (Å²) in [6, 6.07) is 3.56. The first-order valence-corrected chi connectivity index (χ1v) is 6.76. The molecule has 1 saturated heterocycles. The number of hydrogen-bond donors (Lipinski definition) is 2. The molecule has 4 nitrogen and oxygen atoms in total. The largest absolute Gasteiger partial charge is 0.495 e. The molecule has 5 heteroatoms. The lowest BCUT2D eigenvalue weighted by Crippen LogP contribution is -2.28. The molecule has 0 spiro atoms. The molecule has 1 fully saturated rings. The van der Waals surface area contributed by atoms with E-state index in [1.165, 1.54) is 0 Å². The second kappa shape index (κ2) is 5.80. The predicted molar refractivity (Wildman–Crippen MR) is 76.9 cm³/mol. The quantitative estimate of drug-likeness (QED) is 0.895. The zero-order valence-electron chi connectivity index (χ0n) is 11.4. The lowest BCUT2D eigenvalue weighted by atomic mass is 9.97. The summed E-state index contributed by atoms with van der Waals surface area (Å²) in [6.45, 7) is 5.59. The minimum atomic E-state index is 0.000639. The van der Waals surface area contributed by atoms with Crippen LogP contribution in [0.4, 0.5) is 5.69 Å². The molecule has 2 rings (SSSR count). The van der Waals surface area contributed by atoms with E-state index in [-0.39, 0.29) is 11.8 Å². The van der Waals surface area contributed by atoms with Gasteiger partial charge in [-0.3, -0.25) is 4.79 Å². The third-order valence-electron chi connectivity index (χ3n) is 3.59. The number of aryl methyl sites for hydroxylation is 1. The first-order chi connectivity index (χ1) is 9.02. The van der Waals surface area contributed by atoms with Gasteiger partial charge in [-0.25, -0.2) is 0 Å². The number of carbonyl (C=O) groups is 1. The fourth-order valence-corrected chi connectivity index (χ4v) is 2.47. The molecule has 1 amide bonds. The highest BCUT2D eigenvalue weighted by Crippen LogP contribution is 2.31. The maximum Gasteiger partial charge on any atom is 0.229 e. The van der Waals surface area contributed by atoms with Crippen molar-refractivity contribution in [2.75, 3.05) is 25.5 Å². The Morgan fingerprint density at radius 1 is 1.47 bits per heavy atom. The van der Waals surface area contributed by atoms with E-state index in [1.807, 2.05) is 13.0 Å². The molecule has 1 aliphatic rings. The summed E-state index contributed by atoms with van der Waals surface area (Å²) in [5, 5.41) is 6.79. The molecule has 19 heavy (non-hydrogen) atoms. The molecule has 1 aromatic carbocycles. The van der Waals surface area contributed by atoms with Crippen molar-refractivity contribution in [1.29, 1.82) is 0 Å². The first-order valence-electron chi connectivity index (χ1n) is 6.38. The highest BCUT2D eigenvalue weighted by atomic mass is 35.5. The van der Waals surface area contributed by atoms with Gasteiger partial charge in [-0.05, 0) is 31.0 Å². The Bertz CT molecular complexity index is 491. The van der Waals surface area contributed by atoms with E-state index in [4.69, 9.17) is 16.3 Å². The van der Waals surface area contributed by atoms with Crippen LogP contribution in [0.15, 0.2) is 12.1 Å². The number of halogens is 1. The summed E-state index contributed by atoms with van der Waals surface area (Å²) in [5.41, 5.74) is 1.59. The lowest BCUT2D eigenvalue weighted by Gasteiger charge is -2.17. The third kappa shape index (κ3) is 3.01. The predicted octanol–water partition coefficient (Wildman–Crippen LogP) is 2.45. The van der Waals surface area contributed by atoms with Crippen LogP contribution in [0.2, 0.25) is 5.02 Å². The highest BCUT2D eigenvalue weighted by Gasteiger charge is 2.30. The van der Waals surface area contributed by atoms with Crippen LogP contribution in [0.5, 0.6) is 5.75 Å². The van der Waals surface area contributed by atoms with Gasteiger partial charge in [0.15, 0.2) is 0 Å². The van der Waals surface area contributed by atoms with Crippen molar-refractivity contribution in [3.05, 3.63) is 22.7 Å². The average molecular weight is 283 g/mol. The molecular formula is C14H19ClN2O2. The van der Waals surface area contributed by atoms with Gasteiger partial charge in [0.2, 0.25) is 5.91 Å². The molecule has 1 heterocycles. The van der Waals surface area contributed by atoms with Crippen molar-refractivity contribution in [3.63, 3.8) is 0 Å². The molecule has 0 aromatic heterocycles. The molecule has 1 aromatic rings. The molecule has 2 atom stereocenters. The normalized spacial score (nSPS) is 22.3. The maximum absolute atomic E-state index is 12.2. The van der Waals surface area contributed by atoms with Crippen LogP contribution in [0, 0.1) is 18.8 Å². The third-order valence-corrected chi connectivity index (χ3v) is 4.00. The number of amides is 1. The van der Waals surface area contributed by atoms with E-state index in [9.17, 15) is 4.79 Å². The van der Waals surface area contributed by atoms with E-state index in [1.54, 1.807) is 13.2 Å². The molecule has 2 unspecified atom stereocenters. The second-order valence-electron chi connectivity index (χ2n) is 5.03. The van der Waals surface area contributed by atoms with Gasteiger partial charge >= 0.3 is 0 Å². The van der Waals surface area contributed by atoms with Crippen LogP contribution < -0.4 is 15.4 Å². The molecule has 0 saturated carbocycles. The van der Waals surface area contributed by atoms with Gasteiger partial charge in [0.25, 0.3) is 0 Å². The van der Waals surface area contributed by atoms with Crippen molar-refractivity contribution in [2.45, 2.75) is 13.8 Å². The number of rotatable bonds is 3. The Labute approximate surface area is 118 Å². The van der Waals surface area contributed by atoms with E-state index >= 15 is 0 Å². The van der Waals surface area contributed by atoms with E-state index < -0.39 is 0 Å². The summed E-state index contributed by atoms with van der Waals surface area (Å²) in [4.78, 5) is 12.2. The van der Waals surface area contributed by atoms with Crippen LogP contribution >= 0.6 is 11.6 Å². The summed E-state index contributed by atoms with van der Waals surface area (Å²) in [6.07, 6.45) is 0. The monoisotopic (exact) mass is 282 g/mol. The number of carbonyl (C=O) groups excluding carboxylic acids is 1. The van der Waals surface area contributed by atoms with Crippen molar-refractivity contribution in [1.82, 2.24) is 5.32 Å². The van der Waals surface area contributed by atoms with E-state index in [0.717, 1.165) is 18.7 Å². The number of ether oxygens (including phenoxy) is 1. The highest BCUT2D eigenvalue weighted by molar-refractivity contribution is 6.31. The van der Waals surface area contributed by atoms with E-state index in [2.05, 4.69) is 17.6 Å². The van der Waals surface area contributed by atoms with Crippen LogP contribution in [0.25, 0.3) is 0 Å². The molecule has 0 radical (unpaired) electrons. The van der Waals surface area contributed by atoms with Gasteiger partial charge in [0.05, 0.1) is 18.7 Å².